The predicted molar refractivity (Wildman–Crippen MR) is 95.3 cm³/mol. The zero-order valence-electron chi connectivity index (χ0n) is 14.2. The van der Waals surface area contributed by atoms with Crippen LogP contribution in [0.2, 0.25) is 0 Å². The average Bonchev–Trinajstić information content (AvgIpc) is 2.64. The van der Waals surface area contributed by atoms with Gasteiger partial charge in [0.2, 0.25) is 0 Å². The molecule has 2 N–H and O–H groups in total. The Morgan fingerprint density at radius 2 is 1.88 bits per heavy atom. The van der Waals surface area contributed by atoms with E-state index in [4.69, 9.17) is 19.9 Å². The molecule has 0 amide bonds. The number of pyridine rings is 1. The number of para-hydroxylation sites is 1. The minimum absolute atomic E-state index is 0.299. The van der Waals surface area contributed by atoms with E-state index in [9.17, 15) is 4.79 Å². The van der Waals surface area contributed by atoms with Gasteiger partial charge >= 0.3 is 5.97 Å². The highest BCUT2D eigenvalue weighted by molar-refractivity contribution is 5.99. The van der Waals surface area contributed by atoms with Crippen molar-refractivity contribution in [3.63, 3.8) is 0 Å². The van der Waals surface area contributed by atoms with Gasteiger partial charge < -0.3 is 19.9 Å². The molecule has 0 fully saturated rings. The summed E-state index contributed by atoms with van der Waals surface area (Å²) < 4.78 is 16.1. The van der Waals surface area contributed by atoms with Crippen LogP contribution in [0.3, 0.4) is 0 Å². The molecule has 0 aliphatic carbocycles. The molecule has 0 aliphatic rings. The summed E-state index contributed by atoms with van der Waals surface area (Å²) >= 11 is 0. The van der Waals surface area contributed by atoms with Crippen molar-refractivity contribution < 1.29 is 19.0 Å². The fourth-order valence-corrected chi connectivity index (χ4v) is 2.54. The van der Waals surface area contributed by atoms with Crippen LogP contribution in [0.15, 0.2) is 42.6 Å². The second kappa shape index (κ2) is 6.68. The normalized spacial score (nSPS) is 10.5. The standard InChI is InChI=1S/C19H18N2O4/c1-11-5-4-6-16(18(11)20)25-15-7-8-21-14-10-17(23-2)13(9-12(14)15)19(22)24-3/h4-10H,20H2,1-3H3. The van der Waals surface area contributed by atoms with E-state index in [1.807, 2.05) is 19.1 Å². The quantitative estimate of drug-likeness (QED) is 0.577. The van der Waals surface area contributed by atoms with Crippen molar-refractivity contribution >= 4 is 22.6 Å². The summed E-state index contributed by atoms with van der Waals surface area (Å²) in [4.78, 5) is 16.3. The van der Waals surface area contributed by atoms with E-state index < -0.39 is 5.97 Å². The SMILES string of the molecule is COC(=O)c1cc2c(Oc3cccc(C)c3N)ccnc2cc1OC. The maximum Gasteiger partial charge on any atom is 0.341 e. The molecule has 3 aromatic rings. The molecule has 0 saturated heterocycles. The Morgan fingerprint density at radius 3 is 2.60 bits per heavy atom. The predicted octanol–water partition coefficient (Wildman–Crippen LogP) is 3.71. The summed E-state index contributed by atoms with van der Waals surface area (Å²) in [7, 11) is 2.81. The van der Waals surface area contributed by atoms with Crippen molar-refractivity contribution in [2.45, 2.75) is 6.92 Å². The van der Waals surface area contributed by atoms with Gasteiger partial charge in [0.25, 0.3) is 0 Å². The third kappa shape index (κ3) is 3.06. The molecule has 3 rings (SSSR count). The second-order valence-electron chi connectivity index (χ2n) is 5.46. The van der Waals surface area contributed by atoms with E-state index in [2.05, 4.69) is 4.98 Å². The summed E-state index contributed by atoms with van der Waals surface area (Å²) in [6, 6.07) is 10.6. The van der Waals surface area contributed by atoms with Crippen LogP contribution in [0.5, 0.6) is 17.2 Å². The number of hydrogen-bond acceptors (Lipinski definition) is 6. The van der Waals surface area contributed by atoms with Gasteiger partial charge in [-0.05, 0) is 30.7 Å². The molecule has 0 atom stereocenters. The van der Waals surface area contributed by atoms with Gasteiger partial charge in [0.1, 0.15) is 17.1 Å². The fraction of sp³-hybridized carbons (Fsp3) is 0.158. The Kier molecular flexibility index (Phi) is 4.43. The van der Waals surface area contributed by atoms with Gasteiger partial charge in [0.05, 0.1) is 25.4 Å². The van der Waals surface area contributed by atoms with Gasteiger partial charge in [-0.25, -0.2) is 4.79 Å². The van der Waals surface area contributed by atoms with Crippen molar-refractivity contribution in [1.82, 2.24) is 4.98 Å². The number of ether oxygens (including phenoxy) is 3. The first-order valence-electron chi connectivity index (χ1n) is 7.63. The molecular formula is C19H18N2O4. The second-order valence-corrected chi connectivity index (χ2v) is 5.46. The number of nitrogen functional groups attached to an aromatic ring is 1. The minimum Gasteiger partial charge on any atom is -0.496 e. The smallest absolute Gasteiger partial charge is 0.341 e. The minimum atomic E-state index is -0.497. The number of hydrogen-bond donors (Lipinski definition) is 1. The highest BCUT2D eigenvalue weighted by Crippen LogP contribution is 2.35. The van der Waals surface area contributed by atoms with Crippen molar-refractivity contribution in [1.29, 1.82) is 0 Å². The molecule has 1 aromatic heterocycles. The molecule has 6 nitrogen and oxygen atoms in total. The van der Waals surface area contributed by atoms with Crippen LogP contribution in [0, 0.1) is 6.92 Å². The number of nitrogens with two attached hydrogens (primary N) is 1. The molecule has 1 heterocycles. The Bertz CT molecular complexity index is 954. The van der Waals surface area contributed by atoms with E-state index in [0.717, 1.165) is 5.56 Å². The first kappa shape index (κ1) is 16.6. The number of carbonyl (C=O) groups excluding carboxylic acids is 1. The van der Waals surface area contributed by atoms with Crippen molar-refractivity contribution in [2.24, 2.45) is 0 Å². The van der Waals surface area contributed by atoms with E-state index in [0.29, 0.717) is 39.4 Å². The Morgan fingerprint density at radius 1 is 1.08 bits per heavy atom. The molecule has 128 valence electrons. The third-order valence-corrected chi connectivity index (χ3v) is 3.93. The van der Waals surface area contributed by atoms with E-state index in [-0.39, 0.29) is 0 Å². The number of fused-ring (bicyclic) bond motifs is 1. The van der Waals surface area contributed by atoms with Crippen LogP contribution in [0.25, 0.3) is 10.9 Å². The molecule has 0 bridgehead atoms. The molecule has 25 heavy (non-hydrogen) atoms. The summed E-state index contributed by atoms with van der Waals surface area (Å²) in [5.74, 6) is 0.973. The number of benzene rings is 2. The lowest BCUT2D eigenvalue weighted by Crippen LogP contribution is -2.04. The third-order valence-electron chi connectivity index (χ3n) is 3.93. The fourth-order valence-electron chi connectivity index (χ4n) is 2.54. The zero-order valence-corrected chi connectivity index (χ0v) is 14.2. The maximum absolute atomic E-state index is 12.0. The van der Waals surface area contributed by atoms with Crippen LogP contribution >= 0.6 is 0 Å². The maximum atomic E-state index is 12.0. The molecule has 0 aliphatic heterocycles. The number of rotatable bonds is 4. The van der Waals surface area contributed by atoms with Crippen molar-refractivity contribution in [3.05, 3.63) is 53.7 Å². The Balaban J connectivity index is 2.15. The topological polar surface area (TPSA) is 83.7 Å². The summed E-state index contributed by atoms with van der Waals surface area (Å²) in [6.45, 7) is 1.91. The van der Waals surface area contributed by atoms with Crippen LogP contribution < -0.4 is 15.2 Å². The number of carbonyl (C=O) groups is 1. The lowest BCUT2D eigenvalue weighted by Gasteiger charge is -2.13. The first-order chi connectivity index (χ1) is 12.0. The van der Waals surface area contributed by atoms with Crippen molar-refractivity contribution in [3.8, 4) is 17.2 Å². The average molecular weight is 338 g/mol. The number of nitrogens with zero attached hydrogens (tertiary/aromatic N) is 1. The summed E-state index contributed by atoms with van der Waals surface area (Å²) in [5, 5.41) is 0.657. The van der Waals surface area contributed by atoms with Gasteiger partial charge in [-0.1, -0.05) is 12.1 Å². The lowest BCUT2D eigenvalue weighted by atomic mass is 10.1. The first-order valence-corrected chi connectivity index (χ1v) is 7.63. The van der Waals surface area contributed by atoms with Gasteiger partial charge in [-0.15, -0.1) is 0 Å². The van der Waals surface area contributed by atoms with Crippen LogP contribution in [-0.4, -0.2) is 25.2 Å². The number of aryl methyl sites for hydroxylation is 1. The highest BCUT2D eigenvalue weighted by Gasteiger charge is 2.17. The Hall–Kier alpha value is -3.28. The van der Waals surface area contributed by atoms with Crippen LogP contribution in [0.1, 0.15) is 15.9 Å². The van der Waals surface area contributed by atoms with Gasteiger partial charge in [0, 0.05) is 17.6 Å². The molecule has 2 aromatic carbocycles. The number of anilines is 1. The zero-order chi connectivity index (χ0) is 18.0. The largest absolute Gasteiger partial charge is 0.496 e. The molecular weight excluding hydrogens is 320 g/mol. The molecule has 0 unspecified atom stereocenters. The number of esters is 1. The Labute approximate surface area is 145 Å². The van der Waals surface area contributed by atoms with Gasteiger partial charge in [0.15, 0.2) is 5.75 Å². The van der Waals surface area contributed by atoms with Gasteiger partial charge in [-0.2, -0.15) is 0 Å². The van der Waals surface area contributed by atoms with Gasteiger partial charge in [-0.3, -0.25) is 4.98 Å². The number of aromatic nitrogens is 1. The molecule has 0 radical (unpaired) electrons. The summed E-state index contributed by atoms with van der Waals surface area (Å²) in [5.41, 5.74) is 8.50. The number of methoxy groups -OCH3 is 2. The summed E-state index contributed by atoms with van der Waals surface area (Å²) in [6.07, 6.45) is 1.63. The highest BCUT2D eigenvalue weighted by atomic mass is 16.5. The van der Waals surface area contributed by atoms with Crippen molar-refractivity contribution in [2.75, 3.05) is 20.0 Å². The van der Waals surface area contributed by atoms with Crippen LogP contribution in [-0.2, 0) is 4.74 Å². The molecule has 6 heteroatoms. The molecule has 0 saturated carbocycles. The lowest BCUT2D eigenvalue weighted by molar-refractivity contribution is 0.0597. The van der Waals surface area contributed by atoms with Crippen LogP contribution in [0.4, 0.5) is 5.69 Å². The molecule has 0 spiro atoms. The van der Waals surface area contributed by atoms with E-state index in [1.54, 1.807) is 30.5 Å². The van der Waals surface area contributed by atoms with E-state index in [1.165, 1.54) is 14.2 Å². The van der Waals surface area contributed by atoms with E-state index >= 15 is 0 Å². The monoisotopic (exact) mass is 338 g/mol.